The molecule has 106 valence electrons. The number of amides is 1. The number of nitrogens with one attached hydrogen (secondary N) is 1. The second kappa shape index (κ2) is 5.37. The number of benzene rings is 1. The fraction of sp³-hybridized carbons (Fsp3) is 0.0714. The molecule has 0 fully saturated rings. The first-order valence-corrected chi connectivity index (χ1v) is 6.83. The van der Waals surface area contributed by atoms with Gasteiger partial charge in [-0.3, -0.25) is 14.9 Å². The summed E-state index contributed by atoms with van der Waals surface area (Å²) in [5.74, 6) is -0.583. The van der Waals surface area contributed by atoms with Crippen molar-refractivity contribution in [2.24, 2.45) is 0 Å². The van der Waals surface area contributed by atoms with Crippen LogP contribution in [-0.2, 0) is 0 Å². The Morgan fingerprint density at radius 3 is 2.90 bits per heavy atom. The van der Waals surface area contributed by atoms with Crippen LogP contribution in [0.15, 0.2) is 45.8 Å². The number of nitrogens with zero attached hydrogens (tertiary/aromatic N) is 1. The number of fused-ring (bicyclic) bond motifs is 1. The van der Waals surface area contributed by atoms with E-state index < -0.39 is 11.3 Å². The molecule has 0 aliphatic carbocycles. The Morgan fingerprint density at radius 2 is 2.19 bits per heavy atom. The number of aromatic nitrogens is 1. The lowest BCUT2D eigenvalue weighted by Gasteiger charge is -2.01. The van der Waals surface area contributed by atoms with Crippen LogP contribution in [0.3, 0.4) is 0 Å². The van der Waals surface area contributed by atoms with Gasteiger partial charge in [-0.25, -0.2) is 4.98 Å². The van der Waals surface area contributed by atoms with E-state index in [1.807, 2.05) is 24.3 Å². The van der Waals surface area contributed by atoms with E-state index in [2.05, 4.69) is 10.3 Å². The van der Waals surface area contributed by atoms with E-state index in [-0.39, 0.29) is 11.5 Å². The molecule has 0 aliphatic rings. The Kier molecular flexibility index (Phi) is 3.41. The van der Waals surface area contributed by atoms with E-state index >= 15 is 0 Å². The standard InChI is InChI=1S/C14H10N2O4S/c1-19-11-7-20-10(6-9(11)17)13(18)16-14-15-8-4-2-3-5-12(8)21-14/h2-7H,1H3,(H,15,16,18). The van der Waals surface area contributed by atoms with Gasteiger partial charge in [-0.1, -0.05) is 23.5 Å². The lowest BCUT2D eigenvalue weighted by Crippen LogP contribution is -2.15. The summed E-state index contributed by atoms with van der Waals surface area (Å²) in [5, 5.41) is 3.05. The average molecular weight is 302 g/mol. The van der Waals surface area contributed by atoms with Crippen molar-refractivity contribution in [2.75, 3.05) is 12.4 Å². The SMILES string of the molecule is COc1coc(C(=O)Nc2nc3ccccc3s2)cc1=O. The van der Waals surface area contributed by atoms with Gasteiger partial charge in [0.15, 0.2) is 10.9 Å². The van der Waals surface area contributed by atoms with Gasteiger partial charge in [0, 0.05) is 6.07 Å². The molecular weight excluding hydrogens is 292 g/mol. The molecule has 0 saturated carbocycles. The number of hydrogen-bond acceptors (Lipinski definition) is 6. The van der Waals surface area contributed by atoms with E-state index in [9.17, 15) is 9.59 Å². The molecule has 0 spiro atoms. The van der Waals surface area contributed by atoms with Gasteiger partial charge in [0.1, 0.15) is 6.26 Å². The summed E-state index contributed by atoms with van der Waals surface area (Å²) in [7, 11) is 1.35. The van der Waals surface area contributed by atoms with Crippen molar-refractivity contribution in [3.8, 4) is 5.75 Å². The molecule has 0 radical (unpaired) electrons. The van der Waals surface area contributed by atoms with E-state index in [1.54, 1.807) is 0 Å². The summed E-state index contributed by atoms with van der Waals surface area (Å²) in [6.07, 6.45) is 1.11. The van der Waals surface area contributed by atoms with Crippen LogP contribution in [-0.4, -0.2) is 18.0 Å². The lowest BCUT2D eigenvalue weighted by molar-refractivity contribution is 0.0993. The van der Waals surface area contributed by atoms with Gasteiger partial charge in [0.2, 0.25) is 11.2 Å². The van der Waals surface area contributed by atoms with Crippen molar-refractivity contribution in [3.63, 3.8) is 0 Å². The summed E-state index contributed by atoms with van der Waals surface area (Å²) in [4.78, 5) is 27.9. The van der Waals surface area contributed by atoms with Crippen LogP contribution in [0.25, 0.3) is 10.2 Å². The number of thiazole rings is 1. The number of hydrogen-bond donors (Lipinski definition) is 1. The Bertz CT molecular complexity index is 836. The zero-order valence-corrected chi connectivity index (χ0v) is 11.8. The number of methoxy groups -OCH3 is 1. The van der Waals surface area contributed by atoms with Crippen LogP contribution in [0, 0.1) is 0 Å². The predicted octanol–water partition coefficient (Wildman–Crippen LogP) is 2.51. The predicted molar refractivity (Wildman–Crippen MR) is 79.1 cm³/mol. The van der Waals surface area contributed by atoms with Crippen LogP contribution >= 0.6 is 11.3 Å². The molecule has 0 unspecified atom stereocenters. The number of ether oxygens (including phenoxy) is 1. The average Bonchev–Trinajstić information content (AvgIpc) is 2.89. The third kappa shape index (κ3) is 2.63. The maximum absolute atomic E-state index is 12.0. The van der Waals surface area contributed by atoms with Gasteiger partial charge in [0.05, 0.1) is 17.3 Å². The highest BCUT2D eigenvalue weighted by Gasteiger charge is 2.14. The topological polar surface area (TPSA) is 81.4 Å². The Hall–Kier alpha value is -2.67. The molecule has 0 atom stereocenters. The van der Waals surface area contributed by atoms with Crippen molar-refractivity contribution in [2.45, 2.75) is 0 Å². The molecule has 0 bridgehead atoms. The highest BCUT2D eigenvalue weighted by molar-refractivity contribution is 7.22. The van der Waals surface area contributed by atoms with Gasteiger partial charge in [-0.05, 0) is 12.1 Å². The maximum atomic E-state index is 12.0. The van der Waals surface area contributed by atoms with Crippen LogP contribution in [0.5, 0.6) is 5.75 Å². The monoisotopic (exact) mass is 302 g/mol. The van der Waals surface area contributed by atoms with Crippen molar-refractivity contribution in [3.05, 3.63) is 52.6 Å². The number of rotatable bonds is 3. The first kappa shape index (κ1) is 13.3. The van der Waals surface area contributed by atoms with Gasteiger partial charge >= 0.3 is 0 Å². The molecule has 0 aliphatic heterocycles. The molecule has 0 saturated heterocycles. The number of carbonyl (C=O) groups excluding carboxylic acids is 1. The molecule has 1 N–H and O–H groups in total. The summed E-state index contributed by atoms with van der Waals surface area (Å²) in [6, 6.07) is 8.62. The van der Waals surface area contributed by atoms with E-state index in [1.165, 1.54) is 18.4 Å². The molecule has 21 heavy (non-hydrogen) atoms. The first-order chi connectivity index (χ1) is 10.2. The molecule has 6 nitrogen and oxygen atoms in total. The third-order valence-corrected chi connectivity index (χ3v) is 3.71. The Morgan fingerprint density at radius 1 is 1.38 bits per heavy atom. The van der Waals surface area contributed by atoms with E-state index in [0.29, 0.717) is 5.13 Å². The van der Waals surface area contributed by atoms with Crippen molar-refractivity contribution in [1.29, 1.82) is 0 Å². The number of para-hydroxylation sites is 1. The van der Waals surface area contributed by atoms with Crippen molar-refractivity contribution >= 4 is 32.6 Å². The molecule has 1 aromatic carbocycles. The summed E-state index contributed by atoms with van der Waals surface area (Å²) < 4.78 is 10.8. The van der Waals surface area contributed by atoms with Crippen LogP contribution < -0.4 is 15.5 Å². The number of carbonyl (C=O) groups is 1. The van der Waals surface area contributed by atoms with E-state index in [0.717, 1.165) is 22.5 Å². The van der Waals surface area contributed by atoms with Gasteiger partial charge in [-0.2, -0.15) is 0 Å². The van der Waals surface area contributed by atoms with Gasteiger partial charge in [0.25, 0.3) is 5.91 Å². The summed E-state index contributed by atoms with van der Waals surface area (Å²) in [5.41, 5.74) is 0.382. The first-order valence-electron chi connectivity index (χ1n) is 6.01. The summed E-state index contributed by atoms with van der Waals surface area (Å²) in [6.45, 7) is 0. The fourth-order valence-corrected chi connectivity index (χ4v) is 2.61. The zero-order valence-electron chi connectivity index (χ0n) is 11.0. The summed E-state index contributed by atoms with van der Waals surface area (Å²) >= 11 is 1.34. The molecule has 2 heterocycles. The highest BCUT2D eigenvalue weighted by Crippen LogP contribution is 2.25. The third-order valence-electron chi connectivity index (χ3n) is 2.76. The minimum Gasteiger partial charge on any atom is -0.490 e. The highest BCUT2D eigenvalue weighted by atomic mass is 32.1. The largest absolute Gasteiger partial charge is 0.490 e. The molecular formula is C14H10N2O4S. The van der Waals surface area contributed by atoms with E-state index in [4.69, 9.17) is 9.15 Å². The molecule has 3 rings (SSSR count). The maximum Gasteiger partial charge on any atom is 0.293 e. The second-order valence-electron chi connectivity index (χ2n) is 4.12. The van der Waals surface area contributed by atoms with Gasteiger partial charge < -0.3 is 9.15 Å². The minimum absolute atomic E-state index is 0.0477. The quantitative estimate of drug-likeness (QED) is 0.804. The van der Waals surface area contributed by atoms with Crippen LogP contribution in [0.1, 0.15) is 10.6 Å². The smallest absolute Gasteiger partial charge is 0.293 e. The fourth-order valence-electron chi connectivity index (χ4n) is 1.75. The van der Waals surface area contributed by atoms with Crippen LogP contribution in [0.2, 0.25) is 0 Å². The molecule has 7 heteroatoms. The molecule has 2 aromatic heterocycles. The van der Waals surface area contributed by atoms with Crippen LogP contribution in [0.4, 0.5) is 5.13 Å². The molecule has 1 amide bonds. The Balaban J connectivity index is 1.85. The zero-order chi connectivity index (χ0) is 14.8. The molecule has 3 aromatic rings. The second-order valence-corrected chi connectivity index (χ2v) is 5.15. The normalized spacial score (nSPS) is 10.5. The number of anilines is 1. The van der Waals surface area contributed by atoms with Gasteiger partial charge in [-0.15, -0.1) is 0 Å². The minimum atomic E-state index is -0.534. The Labute approximate surface area is 123 Å². The van der Waals surface area contributed by atoms with Crippen molar-refractivity contribution in [1.82, 2.24) is 4.98 Å². The van der Waals surface area contributed by atoms with Crippen molar-refractivity contribution < 1.29 is 13.9 Å². The lowest BCUT2D eigenvalue weighted by atomic mass is 10.3.